The van der Waals surface area contributed by atoms with Crippen molar-refractivity contribution in [2.24, 2.45) is 0 Å². The molecule has 3 nitrogen and oxygen atoms in total. The van der Waals surface area contributed by atoms with Crippen molar-refractivity contribution in [3.05, 3.63) is 173 Å². The summed E-state index contributed by atoms with van der Waals surface area (Å²) in [5, 5.41) is 21.1. The first-order valence-electron chi connectivity index (χ1n) is 15.1. The average Bonchev–Trinajstić information content (AvgIpc) is 3.11. The van der Waals surface area contributed by atoms with E-state index in [4.69, 9.17) is 0 Å². The minimum atomic E-state index is -0.310. The van der Waals surface area contributed by atoms with Crippen molar-refractivity contribution in [1.29, 1.82) is 0 Å². The minimum Gasteiger partial charge on any atom is -0.258 e. The fraction of sp³-hybridized carbons (Fsp3) is 0.0244. The van der Waals surface area contributed by atoms with Crippen LogP contribution in [0.5, 0.6) is 0 Å². The molecule has 0 amide bonds. The Morgan fingerprint density at radius 1 is 0.565 bits per heavy atom. The van der Waals surface area contributed by atoms with Crippen LogP contribution in [0.1, 0.15) is 11.1 Å². The van der Waals surface area contributed by atoms with Crippen molar-refractivity contribution in [2.45, 2.75) is 26.0 Å². The van der Waals surface area contributed by atoms with Crippen molar-refractivity contribution in [2.75, 3.05) is 0 Å². The zero-order chi connectivity index (χ0) is 31.0. The fourth-order valence-electron chi connectivity index (χ4n) is 6.27. The second-order valence-corrected chi connectivity index (χ2v) is 13.5. The minimum absolute atomic E-state index is 0.145. The van der Waals surface area contributed by atoms with Gasteiger partial charge in [-0.15, -0.1) is 0 Å². The maximum atomic E-state index is 11.5. The van der Waals surface area contributed by atoms with Crippen LogP contribution in [0.2, 0.25) is 0 Å². The number of hydrogen-bond acceptors (Lipinski definition) is 4. The highest BCUT2D eigenvalue weighted by Crippen LogP contribution is 2.45. The lowest BCUT2D eigenvalue weighted by Crippen LogP contribution is -2.01. The summed E-state index contributed by atoms with van der Waals surface area (Å²) >= 11 is 3.37. The Labute approximate surface area is 275 Å². The Morgan fingerprint density at radius 2 is 1.13 bits per heavy atom. The van der Waals surface area contributed by atoms with E-state index in [1.807, 2.05) is 54.2 Å². The Morgan fingerprint density at radius 3 is 1.89 bits per heavy atom. The second kappa shape index (κ2) is 12.0. The summed E-state index contributed by atoms with van der Waals surface area (Å²) in [7, 11) is 0. The molecule has 0 bridgehead atoms. The molecular formula is C41H27NO2S2. The van der Waals surface area contributed by atoms with Gasteiger partial charge >= 0.3 is 0 Å². The third kappa shape index (κ3) is 5.28. The van der Waals surface area contributed by atoms with Gasteiger partial charge in [-0.1, -0.05) is 145 Å². The van der Waals surface area contributed by atoms with E-state index in [9.17, 15) is 10.1 Å². The van der Waals surface area contributed by atoms with E-state index in [1.165, 1.54) is 54.2 Å². The molecule has 0 N–H and O–H groups in total. The van der Waals surface area contributed by atoms with E-state index in [-0.39, 0.29) is 10.6 Å². The summed E-state index contributed by atoms with van der Waals surface area (Å²) in [5.41, 5.74) is 3.07. The van der Waals surface area contributed by atoms with Gasteiger partial charge in [0.1, 0.15) is 0 Å². The van der Waals surface area contributed by atoms with Crippen LogP contribution in [0.4, 0.5) is 5.69 Å². The number of rotatable bonds is 3. The first-order valence-corrected chi connectivity index (χ1v) is 16.8. The molecular weight excluding hydrogens is 603 g/mol. The number of nitrogens with zero attached hydrogens (tertiary/aromatic N) is 1. The molecule has 0 atom stereocenters. The van der Waals surface area contributed by atoms with Gasteiger partial charge < -0.3 is 0 Å². The molecule has 1 aliphatic rings. The molecule has 0 aliphatic carbocycles. The predicted octanol–water partition coefficient (Wildman–Crippen LogP) is 12.1. The molecule has 9 rings (SSSR count). The van der Waals surface area contributed by atoms with Crippen molar-refractivity contribution in [3.8, 4) is 0 Å². The average molecular weight is 630 g/mol. The zero-order valence-electron chi connectivity index (χ0n) is 24.7. The van der Waals surface area contributed by atoms with Crippen LogP contribution >= 0.6 is 23.5 Å². The fourth-order valence-corrected chi connectivity index (χ4v) is 8.60. The van der Waals surface area contributed by atoms with Gasteiger partial charge in [-0.2, -0.15) is 0 Å². The monoisotopic (exact) mass is 629 g/mol. The summed E-state index contributed by atoms with van der Waals surface area (Å²) in [5.74, 6) is 0. The largest absolute Gasteiger partial charge is 0.283 e. The molecule has 8 aromatic carbocycles. The third-order valence-corrected chi connectivity index (χ3v) is 10.9. The summed E-state index contributed by atoms with van der Waals surface area (Å²) in [4.78, 5) is 15.7. The van der Waals surface area contributed by atoms with Gasteiger partial charge in [0.2, 0.25) is 0 Å². The maximum absolute atomic E-state index is 11.5. The van der Waals surface area contributed by atoms with Crippen LogP contribution in [0.3, 0.4) is 0 Å². The number of benzene rings is 8. The highest BCUT2D eigenvalue weighted by atomic mass is 32.2. The van der Waals surface area contributed by atoms with E-state index < -0.39 is 0 Å². The van der Waals surface area contributed by atoms with Crippen molar-refractivity contribution < 1.29 is 4.92 Å². The summed E-state index contributed by atoms with van der Waals surface area (Å²) in [6.07, 6.45) is 1.03. The molecule has 8 aromatic rings. The standard InChI is InChI=1S/C21H14S.C20H13NO2S/c1-3-7-17-14(5-1)11-12-20-19(17)13-16-10-9-15-6-2-4-8-18(15)21(16)22-20;22-21(23)19-12-10-15-6-3-4-8-18(15)20(19)24-17-11-9-14-5-1-2-7-16(14)13-17/h1-12H,13H2;1-13H. The Balaban J connectivity index is 0.000000136. The molecule has 46 heavy (non-hydrogen) atoms. The van der Waals surface area contributed by atoms with Gasteiger partial charge in [0.05, 0.1) is 9.82 Å². The molecule has 0 spiro atoms. The van der Waals surface area contributed by atoms with Gasteiger partial charge in [0.25, 0.3) is 5.69 Å². The molecule has 0 aromatic heterocycles. The zero-order valence-corrected chi connectivity index (χ0v) is 26.4. The number of fused-ring (bicyclic) bond motifs is 8. The van der Waals surface area contributed by atoms with Crippen LogP contribution in [0, 0.1) is 10.1 Å². The van der Waals surface area contributed by atoms with Crippen LogP contribution in [0.25, 0.3) is 43.1 Å². The topological polar surface area (TPSA) is 43.1 Å². The molecule has 220 valence electrons. The first-order chi connectivity index (χ1) is 22.6. The highest BCUT2D eigenvalue weighted by Gasteiger charge is 2.20. The Kier molecular flexibility index (Phi) is 7.41. The van der Waals surface area contributed by atoms with Crippen molar-refractivity contribution >= 4 is 72.3 Å². The Hall–Kier alpha value is -5.10. The van der Waals surface area contributed by atoms with E-state index >= 15 is 0 Å². The van der Waals surface area contributed by atoms with Crippen LogP contribution < -0.4 is 0 Å². The lowest BCUT2D eigenvalue weighted by atomic mass is 9.96. The number of nitro groups is 1. The van der Waals surface area contributed by atoms with E-state index in [1.54, 1.807) is 12.1 Å². The molecule has 1 aliphatic heterocycles. The SMILES string of the molecule is O=[N+]([O-])c1ccc2ccccc2c1Sc1ccc2ccccc2c1.c1ccc2c3c(ccc2c1)Sc1c(ccc2ccccc12)C3. The van der Waals surface area contributed by atoms with E-state index in [0.29, 0.717) is 4.90 Å². The summed E-state index contributed by atoms with van der Waals surface area (Å²) < 4.78 is 0. The highest BCUT2D eigenvalue weighted by molar-refractivity contribution is 8.00. The molecule has 0 saturated carbocycles. The first kappa shape index (κ1) is 28.4. The van der Waals surface area contributed by atoms with Gasteiger partial charge in [-0.3, -0.25) is 10.1 Å². The van der Waals surface area contributed by atoms with E-state index in [2.05, 4.69) is 97.1 Å². The molecule has 1 heterocycles. The van der Waals surface area contributed by atoms with Crippen LogP contribution in [0.15, 0.2) is 171 Å². The summed E-state index contributed by atoms with van der Waals surface area (Å²) in [6, 6.07) is 51.9. The normalized spacial score (nSPS) is 12.0. The second-order valence-electron chi connectivity index (χ2n) is 11.3. The molecule has 0 unspecified atom stereocenters. The number of nitro benzene ring substituents is 1. The molecule has 5 heteroatoms. The molecule has 0 radical (unpaired) electrons. The van der Waals surface area contributed by atoms with Gasteiger partial charge in [-0.05, 0) is 73.1 Å². The van der Waals surface area contributed by atoms with Crippen LogP contribution in [-0.2, 0) is 6.42 Å². The smallest absolute Gasteiger partial charge is 0.258 e. The van der Waals surface area contributed by atoms with Gasteiger partial charge in [0.15, 0.2) is 0 Å². The lowest BCUT2D eigenvalue weighted by molar-refractivity contribution is -0.387. The van der Waals surface area contributed by atoms with E-state index in [0.717, 1.165) is 32.9 Å². The van der Waals surface area contributed by atoms with Crippen molar-refractivity contribution in [3.63, 3.8) is 0 Å². The lowest BCUT2D eigenvalue weighted by Gasteiger charge is -2.22. The quantitative estimate of drug-likeness (QED) is 0.144. The number of hydrogen-bond donors (Lipinski definition) is 0. The Bertz CT molecular complexity index is 2370. The summed E-state index contributed by atoms with van der Waals surface area (Å²) in [6.45, 7) is 0. The maximum Gasteiger partial charge on any atom is 0.283 e. The predicted molar refractivity (Wildman–Crippen MR) is 193 cm³/mol. The third-order valence-electron chi connectivity index (χ3n) is 8.53. The molecule has 0 saturated heterocycles. The molecule has 0 fully saturated rings. The van der Waals surface area contributed by atoms with Crippen LogP contribution in [-0.4, -0.2) is 4.92 Å². The van der Waals surface area contributed by atoms with Gasteiger partial charge in [-0.25, -0.2) is 0 Å². The van der Waals surface area contributed by atoms with Crippen molar-refractivity contribution in [1.82, 2.24) is 0 Å². The van der Waals surface area contributed by atoms with Gasteiger partial charge in [0, 0.05) is 32.6 Å².